The Balaban J connectivity index is 2.02. The lowest BCUT2D eigenvalue weighted by Crippen LogP contribution is -2.14. The number of benzene rings is 2. The second-order valence-corrected chi connectivity index (χ2v) is 11.4. The molecule has 0 bridgehead atoms. The van der Waals surface area contributed by atoms with E-state index in [1.54, 1.807) is 12.1 Å². The van der Waals surface area contributed by atoms with Crippen molar-refractivity contribution in [3.8, 4) is 0 Å². The first-order valence-electron chi connectivity index (χ1n) is 13.4. The minimum Gasteiger partial charge on any atom is -0.462 e. The number of esters is 2. The summed E-state index contributed by atoms with van der Waals surface area (Å²) in [6.45, 7) is 9.55. The average molecular weight is 531 g/mol. The van der Waals surface area contributed by atoms with Crippen LogP contribution in [0.15, 0.2) is 58.3 Å². The number of rotatable bonds is 17. The molecular formula is C30H42O4S2. The van der Waals surface area contributed by atoms with Gasteiger partial charge in [0.25, 0.3) is 0 Å². The summed E-state index contributed by atoms with van der Waals surface area (Å²) in [7, 11) is 2.92. The molecule has 2 aromatic rings. The lowest BCUT2D eigenvalue weighted by atomic mass is 10.0. The zero-order valence-corrected chi connectivity index (χ0v) is 23.9. The summed E-state index contributed by atoms with van der Waals surface area (Å²) in [5.41, 5.74) is 1.12. The molecule has 6 heteroatoms. The van der Waals surface area contributed by atoms with Gasteiger partial charge in [-0.05, 0) is 48.9 Å². The quantitative estimate of drug-likeness (QED) is 0.150. The first-order valence-corrected chi connectivity index (χ1v) is 15.6. The van der Waals surface area contributed by atoms with E-state index in [0.717, 1.165) is 61.2 Å². The Kier molecular flexibility index (Phi) is 14.7. The van der Waals surface area contributed by atoms with Gasteiger partial charge in [0.2, 0.25) is 0 Å². The first kappa shape index (κ1) is 30.3. The number of unbranched alkanes of at least 4 members (excludes halogenated alkanes) is 2. The monoisotopic (exact) mass is 530 g/mol. The number of hydrogen-bond donors (Lipinski definition) is 0. The summed E-state index contributed by atoms with van der Waals surface area (Å²) >= 11 is 0. The highest BCUT2D eigenvalue weighted by atomic mass is 33.1. The molecule has 0 spiro atoms. The molecule has 0 aliphatic rings. The second kappa shape index (κ2) is 17.5. The lowest BCUT2D eigenvalue weighted by molar-refractivity contribution is 0.0415. The summed E-state index contributed by atoms with van der Waals surface area (Å²) in [4.78, 5) is 27.4. The van der Waals surface area contributed by atoms with Gasteiger partial charge in [-0.15, -0.1) is 0 Å². The molecule has 0 saturated carbocycles. The van der Waals surface area contributed by atoms with E-state index < -0.39 is 0 Å². The maximum Gasteiger partial charge on any atom is 0.339 e. The van der Waals surface area contributed by atoms with Crippen molar-refractivity contribution in [3.63, 3.8) is 0 Å². The molecule has 0 heterocycles. The van der Waals surface area contributed by atoms with Gasteiger partial charge in [0.15, 0.2) is 0 Å². The van der Waals surface area contributed by atoms with E-state index >= 15 is 0 Å². The number of hydrogen-bond acceptors (Lipinski definition) is 6. The highest BCUT2D eigenvalue weighted by Crippen LogP contribution is 2.41. The van der Waals surface area contributed by atoms with Crippen molar-refractivity contribution in [2.45, 2.75) is 88.9 Å². The van der Waals surface area contributed by atoms with Crippen molar-refractivity contribution in [2.75, 3.05) is 13.2 Å². The van der Waals surface area contributed by atoms with Crippen LogP contribution in [0, 0.1) is 11.8 Å². The van der Waals surface area contributed by atoms with Gasteiger partial charge in [-0.2, -0.15) is 0 Å². The first-order chi connectivity index (χ1) is 17.5. The molecule has 0 amide bonds. The highest BCUT2D eigenvalue weighted by molar-refractivity contribution is 8.76. The van der Waals surface area contributed by atoms with E-state index in [9.17, 15) is 9.59 Å². The number of ether oxygens (including phenoxy) is 2. The maximum atomic E-state index is 12.9. The third kappa shape index (κ3) is 10.2. The van der Waals surface area contributed by atoms with Crippen molar-refractivity contribution in [1.29, 1.82) is 0 Å². The van der Waals surface area contributed by atoms with Crippen molar-refractivity contribution in [1.82, 2.24) is 0 Å². The van der Waals surface area contributed by atoms with Crippen LogP contribution >= 0.6 is 21.6 Å². The van der Waals surface area contributed by atoms with Crippen LogP contribution in [-0.4, -0.2) is 25.2 Å². The van der Waals surface area contributed by atoms with E-state index in [1.807, 2.05) is 36.4 Å². The van der Waals surface area contributed by atoms with Crippen molar-refractivity contribution >= 4 is 33.5 Å². The van der Waals surface area contributed by atoms with Crippen molar-refractivity contribution in [3.05, 3.63) is 59.7 Å². The molecule has 2 rings (SSSR count). The normalized spacial score (nSPS) is 12.7. The zero-order valence-electron chi connectivity index (χ0n) is 22.3. The van der Waals surface area contributed by atoms with Gasteiger partial charge in [-0.3, -0.25) is 0 Å². The van der Waals surface area contributed by atoms with Crippen LogP contribution in [0.5, 0.6) is 0 Å². The molecule has 36 heavy (non-hydrogen) atoms. The molecule has 0 aromatic heterocycles. The molecule has 0 aliphatic carbocycles. The molecule has 2 atom stereocenters. The van der Waals surface area contributed by atoms with Crippen molar-refractivity contribution < 1.29 is 19.1 Å². The largest absolute Gasteiger partial charge is 0.462 e. The standard InChI is InChI=1S/C30H42O4S2/c1-5-9-15-23(7-3)21-33-29(31)25-17-11-13-19-27(25)35-36-28-20-14-12-18-26(28)30(32)34-22-24(8-4)16-10-6-2/h11-14,17-20,23-24H,5-10,15-16,21-22H2,1-4H3. The third-order valence-corrected chi connectivity index (χ3v) is 8.90. The minimum atomic E-state index is -0.293. The van der Waals surface area contributed by atoms with E-state index in [4.69, 9.17) is 9.47 Å². The Bertz CT molecular complexity index is 855. The zero-order chi connectivity index (χ0) is 26.2. The lowest BCUT2D eigenvalue weighted by Gasteiger charge is -2.16. The fraction of sp³-hybridized carbons (Fsp3) is 0.533. The molecule has 4 nitrogen and oxygen atoms in total. The van der Waals surface area contributed by atoms with Crippen LogP contribution < -0.4 is 0 Å². The summed E-state index contributed by atoms with van der Waals surface area (Å²) in [6.07, 6.45) is 8.77. The molecule has 0 N–H and O–H groups in total. The van der Waals surface area contributed by atoms with Gasteiger partial charge in [0, 0.05) is 9.79 Å². The molecule has 0 fully saturated rings. The molecule has 0 radical (unpaired) electrons. The Morgan fingerprint density at radius 3 is 1.42 bits per heavy atom. The summed E-state index contributed by atoms with van der Waals surface area (Å²) in [5, 5.41) is 0. The van der Waals surface area contributed by atoms with E-state index in [2.05, 4.69) is 27.7 Å². The van der Waals surface area contributed by atoms with Crippen LogP contribution in [0.25, 0.3) is 0 Å². The smallest absolute Gasteiger partial charge is 0.339 e. The molecule has 2 unspecified atom stereocenters. The maximum absolute atomic E-state index is 12.9. The topological polar surface area (TPSA) is 52.6 Å². The number of carbonyl (C=O) groups excluding carboxylic acids is 2. The van der Waals surface area contributed by atoms with Crippen LogP contribution in [0.1, 0.15) is 99.8 Å². The van der Waals surface area contributed by atoms with Gasteiger partial charge in [-0.25, -0.2) is 9.59 Å². The van der Waals surface area contributed by atoms with Crippen LogP contribution in [0.3, 0.4) is 0 Å². The predicted octanol–water partition coefficient (Wildman–Crippen LogP) is 9.23. The fourth-order valence-corrected chi connectivity index (χ4v) is 6.19. The van der Waals surface area contributed by atoms with Crippen LogP contribution in [-0.2, 0) is 9.47 Å². The molecule has 0 saturated heterocycles. The summed E-state index contributed by atoms with van der Waals surface area (Å²) in [5.74, 6) is 0.212. The minimum absolute atomic E-state index is 0.293. The summed E-state index contributed by atoms with van der Waals surface area (Å²) < 4.78 is 11.4. The van der Waals surface area contributed by atoms with E-state index in [0.29, 0.717) is 36.2 Å². The molecule has 2 aromatic carbocycles. The van der Waals surface area contributed by atoms with Gasteiger partial charge in [0.05, 0.1) is 24.3 Å². The molecular weight excluding hydrogens is 488 g/mol. The van der Waals surface area contributed by atoms with Gasteiger partial charge < -0.3 is 9.47 Å². The average Bonchev–Trinajstić information content (AvgIpc) is 2.92. The van der Waals surface area contributed by atoms with Gasteiger partial charge in [-0.1, -0.05) is 112 Å². The Morgan fingerprint density at radius 1 is 0.667 bits per heavy atom. The van der Waals surface area contributed by atoms with E-state index in [1.165, 1.54) is 21.6 Å². The van der Waals surface area contributed by atoms with Crippen molar-refractivity contribution in [2.24, 2.45) is 11.8 Å². The Morgan fingerprint density at radius 2 is 1.06 bits per heavy atom. The summed E-state index contributed by atoms with van der Waals surface area (Å²) in [6, 6.07) is 15.0. The Labute approximate surface area is 225 Å². The van der Waals surface area contributed by atoms with E-state index in [-0.39, 0.29) is 11.9 Å². The SMILES string of the molecule is CCCCC(CC)COC(=O)c1ccccc1SSc1ccccc1C(=O)OCC(CC)CCCC. The predicted molar refractivity (Wildman–Crippen MR) is 152 cm³/mol. The van der Waals surface area contributed by atoms with Crippen LogP contribution in [0.2, 0.25) is 0 Å². The van der Waals surface area contributed by atoms with Gasteiger partial charge >= 0.3 is 11.9 Å². The molecule has 198 valence electrons. The van der Waals surface area contributed by atoms with Gasteiger partial charge in [0.1, 0.15) is 0 Å². The number of carbonyl (C=O) groups is 2. The fourth-order valence-electron chi connectivity index (χ4n) is 3.84. The molecule has 0 aliphatic heterocycles. The second-order valence-electron chi connectivity index (χ2n) is 9.19. The van der Waals surface area contributed by atoms with Crippen LogP contribution in [0.4, 0.5) is 0 Å². The third-order valence-electron chi connectivity index (χ3n) is 6.42. The highest BCUT2D eigenvalue weighted by Gasteiger charge is 2.19. The Hall–Kier alpha value is -1.92.